The van der Waals surface area contributed by atoms with Gasteiger partial charge in [-0.2, -0.15) is 13.2 Å². The van der Waals surface area contributed by atoms with Crippen LogP contribution >= 0.6 is 11.8 Å². The van der Waals surface area contributed by atoms with Crippen LogP contribution in [-0.2, 0) is 29.7 Å². The maximum absolute atomic E-state index is 13.7. The van der Waals surface area contributed by atoms with Gasteiger partial charge in [0, 0.05) is 65.3 Å². The number of aryl methyl sites for hydroxylation is 1. The number of aromatic nitrogens is 1. The van der Waals surface area contributed by atoms with Gasteiger partial charge in [0.25, 0.3) is 11.8 Å². The first-order valence-corrected chi connectivity index (χ1v) is 19.1. The Labute approximate surface area is 322 Å². The smallest absolute Gasteiger partial charge is 0.416 e. The van der Waals surface area contributed by atoms with Crippen LogP contribution in [0.2, 0.25) is 0 Å². The summed E-state index contributed by atoms with van der Waals surface area (Å²) in [5, 5.41) is 14.7. The van der Waals surface area contributed by atoms with Crippen LogP contribution in [0.5, 0.6) is 0 Å². The van der Waals surface area contributed by atoms with Crippen molar-refractivity contribution >= 4 is 40.9 Å². The average molecular weight is 767 g/mol. The zero-order valence-electron chi connectivity index (χ0n) is 30.1. The number of carboxylic acid groups (broad SMARTS) is 1. The number of anilines is 2. The zero-order valence-corrected chi connectivity index (χ0v) is 30.9. The molecule has 0 unspecified atom stereocenters. The Morgan fingerprint density at radius 3 is 2.29 bits per heavy atom. The predicted molar refractivity (Wildman–Crippen MR) is 209 cm³/mol. The molecule has 0 spiro atoms. The fourth-order valence-electron chi connectivity index (χ4n) is 6.42. The largest absolute Gasteiger partial charge is 0.481 e. The summed E-state index contributed by atoms with van der Waals surface area (Å²) in [6.07, 6.45) is 1.77. The lowest BCUT2D eigenvalue weighted by atomic mass is 10.0. The number of alkyl halides is 3. The first-order chi connectivity index (χ1) is 26.5. The van der Waals surface area contributed by atoms with E-state index in [1.165, 1.54) is 24.4 Å². The third-order valence-electron chi connectivity index (χ3n) is 9.35. The number of carbonyl (C=O) groups excluding carboxylic acids is 2. The molecule has 1 aliphatic rings. The minimum Gasteiger partial charge on any atom is -0.481 e. The van der Waals surface area contributed by atoms with E-state index in [1.807, 2.05) is 60.7 Å². The van der Waals surface area contributed by atoms with E-state index in [2.05, 4.69) is 20.5 Å². The molecule has 1 saturated heterocycles. The topological polar surface area (TPSA) is 112 Å². The van der Waals surface area contributed by atoms with Crippen LogP contribution < -0.4 is 15.5 Å². The van der Waals surface area contributed by atoms with Gasteiger partial charge in [0.05, 0.1) is 16.9 Å². The molecule has 284 valence electrons. The van der Waals surface area contributed by atoms with Gasteiger partial charge in [-0.3, -0.25) is 19.4 Å². The normalized spacial score (nSPS) is 13.0. The van der Waals surface area contributed by atoms with Crippen LogP contribution in [0.3, 0.4) is 0 Å². The number of rotatable bonds is 14. The summed E-state index contributed by atoms with van der Waals surface area (Å²) in [6.45, 7) is 1.71. The number of nitrogens with zero attached hydrogens (tertiary/aromatic N) is 2. The highest BCUT2D eigenvalue weighted by Gasteiger charge is 2.30. The Balaban J connectivity index is 1.17. The van der Waals surface area contributed by atoms with Crippen LogP contribution in [0.4, 0.5) is 24.5 Å². The number of amides is 2. The number of thioether (sulfide) groups is 1. The highest BCUT2D eigenvalue weighted by molar-refractivity contribution is 7.98. The molecule has 0 radical (unpaired) electrons. The van der Waals surface area contributed by atoms with Crippen molar-refractivity contribution in [1.82, 2.24) is 10.3 Å². The average Bonchev–Trinajstić information content (AvgIpc) is 3.20. The second kappa shape index (κ2) is 18.1. The molecule has 0 aliphatic carbocycles. The van der Waals surface area contributed by atoms with Gasteiger partial charge in [-0.25, -0.2) is 0 Å². The van der Waals surface area contributed by atoms with Gasteiger partial charge in [0.1, 0.15) is 0 Å². The van der Waals surface area contributed by atoms with E-state index in [-0.39, 0.29) is 24.4 Å². The van der Waals surface area contributed by atoms with Gasteiger partial charge < -0.3 is 20.6 Å². The number of benzene rings is 4. The lowest BCUT2D eigenvalue weighted by molar-refractivity contribution is -0.138. The van der Waals surface area contributed by atoms with Crippen molar-refractivity contribution in [3.05, 3.63) is 143 Å². The van der Waals surface area contributed by atoms with Crippen molar-refractivity contribution < 1.29 is 32.7 Å². The number of aliphatic carboxylic acids is 1. The molecule has 0 atom stereocenters. The van der Waals surface area contributed by atoms with Gasteiger partial charge in [0.2, 0.25) is 0 Å². The van der Waals surface area contributed by atoms with E-state index in [4.69, 9.17) is 5.11 Å². The standard InChI is InChI=1S/C43H41F3N4O4S/c44-43(45,46)34-11-5-8-30(24-34)27-48-41(53)33-19-20-47-39(25-33)37-26-35(50-21-2-1-3-22-50)15-18-38(37)49-42(54)32-10-4-9-31(23-32)28-55-36-16-13-29(14-17-36)7-6-12-40(51)52/h4-5,8-11,13-20,23-26H,1-3,6-7,12,21-22,27-28H2,(H,48,53)(H,49,54)(H,51,52). The maximum atomic E-state index is 13.7. The molecule has 1 aromatic heterocycles. The Kier molecular flexibility index (Phi) is 12.9. The van der Waals surface area contributed by atoms with Gasteiger partial charge >= 0.3 is 12.1 Å². The number of carbonyl (C=O) groups is 3. The van der Waals surface area contributed by atoms with E-state index in [0.29, 0.717) is 46.7 Å². The summed E-state index contributed by atoms with van der Waals surface area (Å²) in [4.78, 5) is 45.7. The first kappa shape index (κ1) is 39.1. The molecule has 6 rings (SSSR count). The Hall–Kier alpha value is -5.62. The van der Waals surface area contributed by atoms with Crippen LogP contribution in [0.1, 0.15) is 75.1 Å². The number of piperidine rings is 1. The maximum Gasteiger partial charge on any atom is 0.416 e. The summed E-state index contributed by atoms with van der Waals surface area (Å²) < 4.78 is 39.7. The quantitative estimate of drug-likeness (QED) is 0.0966. The molecule has 1 aliphatic heterocycles. The van der Waals surface area contributed by atoms with Gasteiger partial charge in [-0.1, -0.05) is 36.4 Å². The number of pyridine rings is 1. The van der Waals surface area contributed by atoms with Crippen molar-refractivity contribution in [2.75, 3.05) is 23.3 Å². The highest BCUT2D eigenvalue weighted by atomic mass is 32.2. The van der Waals surface area contributed by atoms with Gasteiger partial charge in [0.15, 0.2) is 0 Å². The number of nitrogens with one attached hydrogen (secondary N) is 2. The van der Waals surface area contributed by atoms with E-state index >= 15 is 0 Å². The van der Waals surface area contributed by atoms with E-state index in [9.17, 15) is 27.6 Å². The third-order valence-corrected chi connectivity index (χ3v) is 10.4. The second-order valence-electron chi connectivity index (χ2n) is 13.4. The van der Waals surface area contributed by atoms with E-state index < -0.39 is 23.6 Å². The second-order valence-corrected chi connectivity index (χ2v) is 14.5. The van der Waals surface area contributed by atoms with E-state index in [1.54, 1.807) is 23.9 Å². The molecule has 3 N–H and O–H groups in total. The number of hydrogen-bond acceptors (Lipinski definition) is 6. The van der Waals surface area contributed by atoms with Crippen LogP contribution in [0, 0.1) is 0 Å². The molecule has 8 nitrogen and oxygen atoms in total. The fraction of sp³-hybridized carbons (Fsp3) is 0.256. The summed E-state index contributed by atoms with van der Waals surface area (Å²) in [5.74, 6) is -0.932. The SMILES string of the molecule is O=C(O)CCCc1ccc(SCc2cccc(C(=O)Nc3ccc(N4CCCCC4)cc3-c3cc(C(=O)NCc4cccc(C(F)(F)F)c4)ccn3)c2)cc1. The van der Waals surface area contributed by atoms with E-state index in [0.717, 1.165) is 66.2 Å². The molecule has 0 saturated carbocycles. The monoisotopic (exact) mass is 766 g/mol. The van der Waals surface area contributed by atoms with Crippen LogP contribution in [0.25, 0.3) is 11.3 Å². The summed E-state index contributed by atoms with van der Waals surface area (Å²) >= 11 is 1.64. The Morgan fingerprint density at radius 1 is 0.782 bits per heavy atom. The predicted octanol–water partition coefficient (Wildman–Crippen LogP) is 9.64. The summed E-state index contributed by atoms with van der Waals surface area (Å²) in [6, 6.07) is 29.3. The Bertz CT molecular complexity index is 2140. The minimum absolute atomic E-state index is 0.0911. The molecule has 1 fully saturated rings. The molecule has 5 aromatic rings. The van der Waals surface area contributed by atoms with Crippen molar-refractivity contribution in [3.8, 4) is 11.3 Å². The Morgan fingerprint density at radius 2 is 1.53 bits per heavy atom. The van der Waals surface area contributed by atoms with Crippen molar-refractivity contribution in [2.45, 2.75) is 61.9 Å². The van der Waals surface area contributed by atoms with Gasteiger partial charge in [-0.15, -0.1) is 11.8 Å². The lowest BCUT2D eigenvalue weighted by Crippen LogP contribution is -2.29. The minimum atomic E-state index is -4.49. The number of halogens is 3. The third kappa shape index (κ3) is 11.0. The van der Waals surface area contributed by atoms with Crippen LogP contribution in [-0.4, -0.2) is 41.0 Å². The summed E-state index contributed by atoms with van der Waals surface area (Å²) in [7, 11) is 0. The molecule has 2 heterocycles. The van der Waals surface area contributed by atoms with Crippen molar-refractivity contribution in [1.29, 1.82) is 0 Å². The molecule has 2 amide bonds. The zero-order chi connectivity index (χ0) is 38.8. The van der Waals surface area contributed by atoms with Crippen LogP contribution in [0.15, 0.2) is 114 Å². The number of carboxylic acids is 1. The molecule has 55 heavy (non-hydrogen) atoms. The first-order valence-electron chi connectivity index (χ1n) is 18.2. The van der Waals surface area contributed by atoms with Crippen molar-refractivity contribution in [3.63, 3.8) is 0 Å². The lowest BCUT2D eigenvalue weighted by Gasteiger charge is -2.29. The molecule has 0 bridgehead atoms. The molecular weight excluding hydrogens is 726 g/mol. The fourth-order valence-corrected chi connectivity index (χ4v) is 7.26. The number of hydrogen-bond donors (Lipinski definition) is 3. The molecule has 12 heteroatoms. The highest BCUT2D eigenvalue weighted by Crippen LogP contribution is 2.34. The molecule has 4 aromatic carbocycles. The van der Waals surface area contributed by atoms with Crippen molar-refractivity contribution in [2.24, 2.45) is 0 Å². The summed E-state index contributed by atoms with van der Waals surface area (Å²) in [5.41, 5.74) is 4.92. The van der Waals surface area contributed by atoms with Gasteiger partial charge in [-0.05, 0) is 116 Å². The molecular formula is C43H41F3N4O4S.